The molecule has 0 saturated heterocycles. The van der Waals surface area contributed by atoms with Gasteiger partial charge in [-0.2, -0.15) is 0 Å². The topological polar surface area (TPSA) is 69.6 Å². The quantitative estimate of drug-likeness (QED) is 0.825. The molecule has 1 aromatic carbocycles. The van der Waals surface area contributed by atoms with E-state index in [4.69, 9.17) is 0 Å². The molecule has 0 aliphatic carbocycles. The third-order valence-corrected chi connectivity index (χ3v) is 2.63. The number of carbonyl (C=O) groups is 2. The summed E-state index contributed by atoms with van der Waals surface area (Å²) in [5.74, 6) is -0.219. The van der Waals surface area contributed by atoms with Gasteiger partial charge in [0.2, 0.25) is 5.91 Å². The SMILES string of the molecule is CC(=O)NCc1ccc(C(=O)N(C)CC(C)O)cc1. The molecule has 104 valence electrons. The number of likely N-dealkylation sites (N-methyl/N-ethyl adjacent to an activating group) is 1. The first-order chi connectivity index (χ1) is 8.90. The third kappa shape index (κ3) is 5.09. The molecule has 0 spiro atoms. The monoisotopic (exact) mass is 264 g/mol. The van der Waals surface area contributed by atoms with Gasteiger partial charge in [0.1, 0.15) is 0 Å². The Hall–Kier alpha value is -1.88. The highest BCUT2D eigenvalue weighted by Gasteiger charge is 2.13. The van der Waals surface area contributed by atoms with Crippen molar-refractivity contribution in [2.75, 3.05) is 13.6 Å². The van der Waals surface area contributed by atoms with Crippen molar-refractivity contribution in [2.24, 2.45) is 0 Å². The lowest BCUT2D eigenvalue weighted by atomic mass is 10.1. The van der Waals surface area contributed by atoms with Crippen molar-refractivity contribution in [2.45, 2.75) is 26.5 Å². The van der Waals surface area contributed by atoms with Crippen LogP contribution in [0.3, 0.4) is 0 Å². The van der Waals surface area contributed by atoms with Crippen LogP contribution in [0.4, 0.5) is 0 Å². The third-order valence-electron chi connectivity index (χ3n) is 2.63. The fourth-order valence-corrected chi connectivity index (χ4v) is 1.69. The fraction of sp³-hybridized carbons (Fsp3) is 0.429. The second-order valence-electron chi connectivity index (χ2n) is 4.64. The summed E-state index contributed by atoms with van der Waals surface area (Å²) in [5, 5.41) is 11.9. The molecule has 0 aliphatic heterocycles. The summed E-state index contributed by atoms with van der Waals surface area (Å²) >= 11 is 0. The van der Waals surface area contributed by atoms with Crippen LogP contribution in [0.15, 0.2) is 24.3 Å². The number of benzene rings is 1. The Morgan fingerprint density at radius 1 is 1.32 bits per heavy atom. The molecule has 0 aliphatic rings. The van der Waals surface area contributed by atoms with Gasteiger partial charge in [0.25, 0.3) is 5.91 Å². The number of hydrogen-bond acceptors (Lipinski definition) is 3. The van der Waals surface area contributed by atoms with Gasteiger partial charge < -0.3 is 15.3 Å². The highest BCUT2D eigenvalue weighted by atomic mass is 16.3. The first-order valence-electron chi connectivity index (χ1n) is 6.17. The fourth-order valence-electron chi connectivity index (χ4n) is 1.69. The van der Waals surface area contributed by atoms with Crippen molar-refractivity contribution in [3.05, 3.63) is 35.4 Å². The predicted molar refractivity (Wildman–Crippen MR) is 72.6 cm³/mol. The van der Waals surface area contributed by atoms with E-state index < -0.39 is 6.10 Å². The molecule has 1 rings (SSSR count). The number of hydrogen-bond donors (Lipinski definition) is 2. The van der Waals surface area contributed by atoms with Crippen molar-refractivity contribution < 1.29 is 14.7 Å². The van der Waals surface area contributed by atoms with Crippen molar-refractivity contribution in [3.8, 4) is 0 Å². The van der Waals surface area contributed by atoms with Crippen molar-refractivity contribution in [1.29, 1.82) is 0 Å². The molecule has 2 N–H and O–H groups in total. The average molecular weight is 264 g/mol. The number of aliphatic hydroxyl groups is 1. The molecule has 5 nitrogen and oxygen atoms in total. The molecule has 0 heterocycles. The van der Waals surface area contributed by atoms with Gasteiger partial charge >= 0.3 is 0 Å². The lowest BCUT2D eigenvalue weighted by Gasteiger charge is -2.18. The number of carbonyl (C=O) groups excluding carboxylic acids is 2. The van der Waals surface area contributed by atoms with E-state index in [-0.39, 0.29) is 11.8 Å². The predicted octanol–water partition coefficient (Wildman–Crippen LogP) is 0.775. The van der Waals surface area contributed by atoms with Crippen molar-refractivity contribution >= 4 is 11.8 Å². The zero-order chi connectivity index (χ0) is 14.4. The molecule has 0 fully saturated rings. The molecule has 0 bridgehead atoms. The van der Waals surface area contributed by atoms with E-state index in [1.165, 1.54) is 11.8 Å². The van der Waals surface area contributed by atoms with E-state index >= 15 is 0 Å². The van der Waals surface area contributed by atoms with Gasteiger partial charge in [0.05, 0.1) is 6.10 Å². The largest absolute Gasteiger partial charge is 0.392 e. The summed E-state index contributed by atoms with van der Waals surface area (Å²) in [6.07, 6.45) is -0.548. The number of amides is 2. The first-order valence-corrected chi connectivity index (χ1v) is 6.17. The van der Waals surface area contributed by atoms with E-state index in [0.717, 1.165) is 5.56 Å². The Bertz CT molecular complexity index is 441. The molecule has 0 radical (unpaired) electrons. The molecule has 19 heavy (non-hydrogen) atoms. The molecule has 5 heteroatoms. The maximum absolute atomic E-state index is 12.0. The first kappa shape index (κ1) is 15.2. The Morgan fingerprint density at radius 3 is 2.37 bits per heavy atom. The number of nitrogens with zero attached hydrogens (tertiary/aromatic N) is 1. The summed E-state index contributed by atoms with van der Waals surface area (Å²) in [6, 6.07) is 7.05. The zero-order valence-corrected chi connectivity index (χ0v) is 11.5. The summed E-state index contributed by atoms with van der Waals surface area (Å²) in [6.45, 7) is 3.85. The maximum atomic E-state index is 12.0. The molecule has 1 atom stereocenters. The highest BCUT2D eigenvalue weighted by Crippen LogP contribution is 2.07. The van der Waals surface area contributed by atoms with E-state index in [9.17, 15) is 14.7 Å². The van der Waals surface area contributed by atoms with E-state index in [0.29, 0.717) is 18.7 Å². The van der Waals surface area contributed by atoms with Gasteiger partial charge in [-0.1, -0.05) is 12.1 Å². The molecular formula is C14H20N2O3. The van der Waals surface area contributed by atoms with Crippen LogP contribution in [0.2, 0.25) is 0 Å². The van der Waals surface area contributed by atoms with Gasteiger partial charge in [-0.25, -0.2) is 0 Å². The Balaban J connectivity index is 2.65. The average Bonchev–Trinajstić information content (AvgIpc) is 2.35. The Kier molecular flexibility index (Phi) is 5.51. The minimum atomic E-state index is -0.548. The van der Waals surface area contributed by atoms with Crippen LogP contribution in [0.25, 0.3) is 0 Å². The molecule has 1 aromatic rings. The molecule has 1 unspecified atom stereocenters. The summed E-state index contributed by atoms with van der Waals surface area (Å²) in [4.78, 5) is 24.3. The second kappa shape index (κ2) is 6.89. The van der Waals surface area contributed by atoms with Gasteiger partial charge in [-0.3, -0.25) is 9.59 Å². The normalized spacial score (nSPS) is 11.8. The molecule has 0 saturated carbocycles. The molecule has 2 amide bonds. The standard InChI is InChI=1S/C14H20N2O3/c1-10(17)9-16(3)14(19)13-6-4-12(5-7-13)8-15-11(2)18/h4-7,10,17H,8-9H2,1-3H3,(H,15,18). The molecular weight excluding hydrogens is 244 g/mol. The van der Waals surface area contributed by atoms with Crippen molar-refractivity contribution in [1.82, 2.24) is 10.2 Å². The van der Waals surface area contributed by atoms with Crippen LogP contribution in [-0.4, -0.2) is 41.5 Å². The van der Waals surface area contributed by atoms with Crippen LogP contribution < -0.4 is 5.32 Å². The van der Waals surface area contributed by atoms with Crippen LogP contribution in [0, 0.1) is 0 Å². The minimum absolute atomic E-state index is 0.0863. The van der Waals surface area contributed by atoms with Crippen LogP contribution in [-0.2, 0) is 11.3 Å². The lowest BCUT2D eigenvalue weighted by Crippen LogP contribution is -2.33. The Labute approximate surface area is 113 Å². The number of nitrogens with one attached hydrogen (secondary N) is 1. The lowest BCUT2D eigenvalue weighted by molar-refractivity contribution is -0.119. The van der Waals surface area contributed by atoms with Crippen LogP contribution in [0.5, 0.6) is 0 Å². The number of aliphatic hydroxyl groups excluding tert-OH is 1. The Morgan fingerprint density at radius 2 is 1.89 bits per heavy atom. The smallest absolute Gasteiger partial charge is 0.253 e. The highest BCUT2D eigenvalue weighted by molar-refractivity contribution is 5.94. The van der Waals surface area contributed by atoms with E-state index in [1.54, 1.807) is 38.2 Å². The van der Waals surface area contributed by atoms with Gasteiger partial charge in [-0.05, 0) is 24.6 Å². The summed E-state index contributed by atoms with van der Waals surface area (Å²) in [7, 11) is 1.65. The summed E-state index contributed by atoms with van der Waals surface area (Å²) < 4.78 is 0. The minimum Gasteiger partial charge on any atom is -0.392 e. The maximum Gasteiger partial charge on any atom is 0.253 e. The summed E-state index contributed by atoms with van der Waals surface area (Å²) in [5.41, 5.74) is 1.50. The molecule has 0 aromatic heterocycles. The zero-order valence-electron chi connectivity index (χ0n) is 11.5. The second-order valence-corrected chi connectivity index (χ2v) is 4.64. The van der Waals surface area contributed by atoms with Crippen LogP contribution >= 0.6 is 0 Å². The van der Waals surface area contributed by atoms with Gasteiger partial charge in [0, 0.05) is 32.6 Å². The van der Waals surface area contributed by atoms with Crippen LogP contribution in [0.1, 0.15) is 29.8 Å². The van der Waals surface area contributed by atoms with Gasteiger partial charge in [0.15, 0.2) is 0 Å². The van der Waals surface area contributed by atoms with E-state index in [1.807, 2.05) is 0 Å². The van der Waals surface area contributed by atoms with Gasteiger partial charge in [-0.15, -0.1) is 0 Å². The number of rotatable bonds is 5. The van der Waals surface area contributed by atoms with Crippen molar-refractivity contribution in [3.63, 3.8) is 0 Å². The van der Waals surface area contributed by atoms with E-state index in [2.05, 4.69) is 5.32 Å².